The summed E-state index contributed by atoms with van der Waals surface area (Å²) >= 11 is 0. The van der Waals surface area contributed by atoms with Gasteiger partial charge in [-0.1, -0.05) is 18.1 Å². The lowest BCUT2D eigenvalue weighted by Crippen LogP contribution is -2.43. The first-order valence-corrected chi connectivity index (χ1v) is 15.5. The smallest absolute Gasteiger partial charge is 0.319 e. The molecule has 2 saturated heterocycles. The molecule has 4 N–H and O–H groups in total. The van der Waals surface area contributed by atoms with Crippen molar-refractivity contribution < 1.29 is 27.8 Å². The lowest BCUT2D eigenvalue weighted by Gasteiger charge is -2.30. The Hall–Kier alpha value is -5.35. The van der Waals surface area contributed by atoms with Gasteiger partial charge in [-0.05, 0) is 56.0 Å². The van der Waals surface area contributed by atoms with Gasteiger partial charge in [-0.3, -0.25) is 4.90 Å². The van der Waals surface area contributed by atoms with Crippen LogP contribution < -0.4 is 20.5 Å². The van der Waals surface area contributed by atoms with Crippen molar-refractivity contribution in [1.82, 2.24) is 24.8 Å². The molecule has 0 aliphatic carbocycles. The molecular formula is C35H32F3N7O3. The van der Waals surface area contributed by atoms with E-state index < -0.39 is 29.4 Å². The number of nitrogens with one attached hydrogen (secondary N) is 1. The first kappa shape index (κ1) is 31.3. The van der Waals surface area contributed by atoms with Gasteiger partial charge in [0.1, 0.15) is 52.6 Å². The number of hydrogen-bond donors (Lipinski definition) is 3. The molecule has 5 heterocycles. The van der Waals surface area contributed by atoms with Crippen LogP contribution in [0, 0.1) is 24.0 Å². The fourth-order valence-electron chi connectivity index (χ4n) is 7.09. The third-order valence-corrected chi connectivity index (χ3v) is 9.30. The van der Waals surface area contributed by atoms with E-state index in [1.54, 1.807) is 18.3 Å². The third-order valence-electron chi connectivity index (χ3n) is 9.30. The van der Waals surface area contributed by atoms with Crippen molar-refractivity contribution in [2.75, 3.05) is 37.9 Å². The number of nitrogen functional groups attached to an aromatic ring is 1. The molecule has 2 fully saturated rings. The van der Waals surface area contributed by atoms with E-state index >= 15 is 4.39 Å². The number of anilines is 2. The lowest BCUT2D eigenvalue weighted by molar-refractivity contribution is 0.107. The summed E-state index contributed by atoms with van der Waals surface area (Å²) in [6, 6.07) is 8.17. The number of benzene rings is 2. The number of phenolic OH excluding ortho intramolecular Hbond substituents is 1. The molecule has 3 aromatic heterocycles. The topological polar surface area (TPSA) is 132 Å². The van der Waals surface area contributed by atoms with Crippen LogP contribution in [0.4, 0.5) is 24.8 Å². The number of hydrogen-bond acceptors (Lipinski definition) is 10. The summed E-state index contributed by atoms with van der Waals surface area (Å²) < 4.78 is 58.2. The molecule has 0 saturated carbocycles. The minimum Gasteiger partial charge on any atom is -0.508 e. The highest BCUT2D eigenvalue weighted by Crippen LogP contribution is 2.43. The zero-order chi connectivity index (χ0) is 33.7. The van der Waals surface area contributed by atoms with E-state index in [0.29, 0.717) is 29.7 Å². The van der Waals surface area contributed by atoms with Gasteiger partial charge in [-0.25, -0.2) is 23.1 Å². The molecule has 0 unspecified atom stereocenters. The lowest BCUT2D eigenvalue weighted by atomic mass is 9.95. The van der Waals surface area contributed by atoms with Crippen LogP contribution >= 0.6 is 0 Å². The molecule has 48 heavy (non-hydrogen) atoms. The van der Waals surface area contributed by atoms with Crippen molar-refractivity contribution in [3.63, 3.8) is 0 Å². The predicted molar refractivity (Wildman–Crippen MR) is 176 cm³/mol. The summed E-state index contributed by atoms with van der Waals surface area (Å²) in [4.78, 5) is 19.8. The normalized spacial score (nSPS) is 19.7. The number of phenols is 1. The van der Waals surface area contributed by atoms with Crippen LogP contribution in [-0.4, -0.2) is 68.5 Å². The maximum Gasteiger partial charge on any atom is 0.319 e. The van der Waals surface area contributed by atoms with Crippen LogP contribution in [-0.2, 0) is 0 Å². The van der Waals surface area contributed by atoms with Gasteiger partial charge in [0.15, 0.2) is 5.82 Å². The number of pyridine rings is 2. The molecule has 7 rings (SSSR count). The van der Waals surface area contributed by atoms with Gasteiger partial charge < -0.3 is 25.6 Å². The van der Waals surface area contributed by atoms with E-state index in [1.165, 1.54) is 31.4 Å². The second kappa shape index (κ2) is 12.0. The molecule has 0 spiro atoms. The molecule has 2 aliphatic rings. The highest BCUT2D eigenvalue weighted by Gasteiger charge is 2.49. The molecule has 0 radical (unpaired) electrons. The maximum absolute atomic E-state index is 17.0. The quantitative estimate of drug-likeness (QED) is 0.173. The van der Waals surface area contributed by atoms with Crippen LogP contribution in [0.5, 0.6) is 17.6 Å². The minimum absolute atomic E-state index is 0.0303. The second-order valence-corrected chi connectivity index (χ2v) is 12.2. The SMILES string of the molecule is C#Cc1c(F)ccc2cc(O)cc(-c3nc(OC)c4c(N[C@H](C)c5cccnc5N)nc(OC[C@@]56CCCN5C[C@H](F)C6)nc4c3F)c12. The van der Waals surface area contributed by atoms with Gasteiger partial charge in [0.25, 0.3) is 0 Å². The van der Waals surface area contributed by atoms with Gasteiger partial charge in [-0.2, -0.15) is 9.97 Å². The number of halogens is 3. The summed E-state index contributed by atoms with van der Waals surface area (Å²) in [5, 5.41) is 14.5. The summed E-state index contributed by atoms with van der Waals surface area (Å²) in [6.45, 7) is 3.02. The number of nitrogens with two attached hydrogens (primary N) is 1. The van der Waals surface area contributed by atoms with Crippen LogP contribution in [0.3, 0.4) is 0 Å². The molecule has 0 bridgehead atoms. The third kappa shape index (κ3) is 5.22. The molecule has 246 valence electrons. The summed E-state index contributed by atoms with van der Waals surface area (Å²) in [5.74, 6) is 0.874. The Bertz CT molecular complexity index is 2120. The Morgan fingerprint density at radius 3 is 2.81 bits per heavy atom. The van der Waals surface area contributed by atoms with Crippen molar-refractivity contribution in [1.29, 1.82) is 0 Å². The molecule has 10 nitrogen and oxygen atoms in total. The fraction of sp³-hybridized carbons (Fsp3) is 0.314. The monoisotopic (exact) mass is 655 g/mol. The second-order valence-electron chi connectivity index (χ2n) is 12.2. The Labute approximate surface area is 274 Å². The maximum atomic E-state index is 17.0. The number of fused-ring (bicyclic) bond motifs is 3. The van der Waals surface area contributed by atoms with Gasteiger partial charge in [0.05, 0.1) is 24.3 Å². The Kier molecular flexibility index (Phi) is 7.83. The largest absolute Gasteiger partial charge is 0.508 e. The van der Waals surface area contributed by atoms with Gasteiger partial charge in [0, 0.05) is 35.7 Å². The van der Waals surface area contributed by atoms with Crippen LogP contribution in [0.15, 0.2) is 42.6 Å². The number of ether oxygens (including phenoxy) is 2. The fourth-order valence-corrected chi connectivity index (χ4v) is 7.09. The zero-order valence-electron chi connectivity index (χ0n) is 26.2. The molecule has 2 aromatic carbocycles. The number of alkyl halides is 1. The van der Waals surface area contributed by atoms with Gasteiger partial charge in [0.2, 0.25) is 5.88 Å². The summed E-state index contributed by atoms with van der Waals surface area (Å²) in [5.41, 5.74) is 5.69. The molecule has 13 heteroatoms. The Morgan fingerprint density at radius 1 is 1.21 bits per heavy atom. The van der Waals surface area contributed by atoms with Crippen LogP contribution in [0.2, 0.25) is 0 Å². The average Bonchev–Trinajstić information content (AvgIpc) is 3.59. The molecule has 0 amide bonds. The summed E-state index contributed by atoms with van der Waals surface area (Å²) in [6.07, 6.45) is 8.25. The molecular weight excluding hydrogens is 623 g/mol. The average molecular weight is 656 g/mol. The van der Waals surface area contributed by atoms with Crippen molar-refractivity contribution in [2.24, 2.45) is 0 Å². The predicted octanol–water partition coefficient (Wildman–Crippen LogP) is 5.92. The standard InChI is InChI=1S/C35H32F3N7O3/c1-4-22-25(37)9-8-19-13-21(46)14-24(26(19)22)29-28(38)30-27(33(42-29)47-3)32(41-18(2)23-7-5-11-40-31(23)39)44-34(43-30)48-17-35-10-6-12-45(35)16-20(36)15-35/h1,5,7-9,11,13-14,18,20,46H,6,10,12,15-17H2,2-3H3,(H2,39,40)(H,41,43,44)/t18-,20-,35+/m1/s1. The molecule has 5 aromatic rings. The first-order valence-electron chi connectivity index (χ1n) is 15.5. The number of aromatic nitrogens is 4. The minimum atomic E-state index is -0.973. The van der Waals surface area contributed by atoms with Crippen molar-refractivity contribution in [3.8, 4) is 41.2 Å². The number of aromatic hydroxyl groups is 1. The Balaban J connectivity index is 1.42. The number of rotatable bonds is 8. The number of terminal acetylenes is 1. The summed E-state index contributed by atoms with van der Waals surface area (Å²) in [7, 11) is 1.36. The van der Waals surface area contributed by atoms with E-state index in [-0.39, 0.29) is 63.2 Å². The molecule has 2 aliphatic heterocycles. The number of nitrogens with zero attached hydrogens (tertiary/aromatic N) is 5. The number of methoxy groups -OCH3 is 1. The van der Waals surface area contributed by atoms with Gasteiger partial charge in [-0.15, -0.1) is 6.42 Å². The van der Waals surface area contributed by atoms with Crippen molar-refractivity contribution in [2.45, 2.75) is 43.9 Å². The Morgan fingerprint density at radius 2 is 2.04 bits per heavy atom. The van der Waals surface area contributed by atoms with E-state index in [4.69, 9.17) is 21.6 Å². The highest BCUT2D eigenvalue weighted by molar-refractivity contribution is 6.04. The zero-order valence-corrected chi connectivity index (χ0v) is 26.2. The van der Waals surface area contributed by atoms with Crippen molar-refractivity contribution in [3.05, 3.63) is 65.4 Å². The van der Waals surface area contributed by atoms with E-state index in [2.05, 4.69) is 36.1 Å². The van der Waals surface area contributed by atoms with E-state index in [9.17, 15) is 13.9 Å². The first-order chi connectivity index (χ1) is 23.1. The van der Waals surface area contributed by atoms with E-state index in [1.807, 2.05) is 6.92 Å². The van der Waals surface area contributed by atoms with Crippen LogP contribution in [0.1, 0.15) is 43.4 Å². The van der Waals surface area contributed by atoms with Gasteiger partial charge >= 0.3 is 6.01 Å². The van der Waals surface area contributed by atoms with Crippen LogP contribution in [0.25, 0.3) is 32.9 Å². The van der Waals surface area contributed by atoms with Crippen molar-refractivity contribution >= 4 is 33.3 Å². The van der Waals surface area contributed by atoms with E-state index in [0.717, 1.165) is 19.4 Å². The highest BCUT2D eigenvalue weighted by atomic mass is 19.1. The molecule has 3 atom stereocenters.